The number of nitro groups is 1. The lowest BCUT2D eigenvalue weighted by Gasteiger charge is -2.24. The third-order valence-corrected chi connectivity index (χ3v) is 6.16. The average Bonchev–Trinajstić information content (AvgIpc) is 2.85. The molecule has 0 aliphatic heterocycles. The van der Waals surface area contributed by atoms with E-state index in [1.165, 1.54) is 43.7 Å². The molecule has 33 heavy (non-hydrogen) atoms. The van der Waals surface area contributed by atoms with Gasteiger partial charge in [-0.2, -0.15) is 4.39 Å². The molecule has 1 atom stereocenters. The lowest BCUT2D eigenvalue weighted by Crippen LogP contribution is -2.33. The first-order valence-electron chi connectivity index (χ1n) is 11.2. The highest BCUT2D eigenvalue weighted by molar-refractivity contribution is 5.90. The molecule has 0 heterocycles. The smallest absolute Gasteiger partial charge is 0.319 e. The van der Waals surface area contributed by atoms with E-state index >= 15 is 0 Å². The van der Waals surface area contributed by atoms with Crippen LogP contribution in [0.5, 0.6) is 0 Å². The van der Waals surface area contributed by atoms with Crippen LogP contribution in [0.15, 0.2) is 72.8 Å². The Balaban J connectivity index is 1.53. The third-order valence-electron chi connectivity index (χ3n) is 6.16. The van der Waals surface area contributed by atoms with Gasteiger partial charge in [0.15, 0.2) is 0 Å². The van der Waals surface area contributed by atoms with Gasteiger partial charge in [-0.3, -0.25) is 10.1 Å². The van der Waals surface area contributed by atoms with E-state index in [4.69, 9.17) is 0 Å². The number of halogens is 1. The van der Waals surface area contributed by atoms with Crippen molar-refractivity contribution in [1.29, 1.82) is 0 Å². The SMILES string of the molecule is O=C(Nc1ccc(F)c([N+](=O)[O-])c1)NC(c1ccccc1)c1ccc(C2CCCCC2)cc1. The van der Waals surface area contributed by atoms with Crippen LogP contribution in [0.2, 0.25) is 0 Å². The van der Waals surface area contributed by atoms with Crippen LogP contribution in [0.4, 0.5) is 20.6 Å². The van der Waals surface area contributed by atoms with Crippen molar-refractivity contribution in [3.63, 3.8) is 0 Å². The zero-order chi connectivity index (χ0) is 23.2. The number of anilines is 1. The molecule has 2 amide bonds. The number of benzene rings is 3. The van der Waals surface area contributed by atoms with Crippen molar-refractivity contribution in [1.82, 2.24) is 5.32 Å². The molecule has 1 aliphatic rings. The highest BCUT2D eigenvalue weighted by Gasteiger charge is 2.20. The van der Waals surface area contributed by atoms with E-state index in [9.17, 15) is 19.3 Å². The summed E-state index contributed by atoms with van der Waals surface area (Å²) in [5.74, 6) is -0.361. The molecule has 3 aromatic rings. The second-order valence-electron chi connectivity index (χ2n) is 8.37. The van der Waals surface area contributed by atoms with Crippen molar-refractivity contribution in [3.05, 3.63) is 105 Å². The van der Waals surface area contributed by atoms with Crippen molar-refractivity contribution >= 4 is 17.4 Å². The first-order valence-corrected chi connectivity index (χ1v) is 11.2. The second kappa shape index (κ2) is 10.3. The first-order chi connectivity index (χ1) is 16.0. The van der Waals surface area contributed by atoms with Crippen molar-refractivity contribution in [2.75, 3.05) is 5.32 Å². The number of hydrogen-bond acceptors (Lipinski definition) is 3. The van der Waals surface area contributed by atoms with Gasteiger partial charge in [0.25, 0.3) is 0 Å². The molecule has 3 aromatic carbocycles. The van der Waals surface area contributed by atoms with Gasteiger partial charge < -0.3 is 10.6 Å². The summed E-state index contributed by atoms with van der Waals surface area (Å²) in [6.45, 7) is 0. The molecule has 0 bridgehead atoms. The maximum absolute atomic E-state index is 13.6. The summed E-state index contributed by atoms with van der Waals surface area (Å²) in [4.78, 5) is 22.9. The van der Waals surface area contributed by atoms with E-state index in [1.54, 1.807) is 0 Å². The van der Waals surface area contributed by atoms with E-state index < -0.39 is 28.5 Å². The fraction of sp³-hybridized carbons (Fsp3) is 0.269. The Morgan fingerprint density at radius 2 is 1.61 bits per heavy atom. The van der Waals surface area contributed by atoms with Gasteiger partial charge in [-0.25, -0.2) is 4.79 Å². The molecule has 1 aliphatic carbocycles. The van der Waals surface area contributed by atoms with Crippen molar-refractivity contribution in [2.45, 2.75) is 44.1 Å². The molecule has 2 N–H and O–H groups in total. The molecule has 0 aromatic heterocycles. The molecule has 1 fully saturated rings. The van der Waals surface area contributed by atoms with E-state index in [0.29, 0.717) is 5.92 Å². The maximum Gasteiger partial charge on any atom is 0.319 e. The predicted molar refractivity (Wildman–Crippen MR) is 126 cm³/mol. The number of hydrogen-bond donors (Lipinski definition) is 2. The molecule has 0 saturated heterocycles. The summed E-state index contributed by atoms with van der Waals surface area (Å²) >= 11 is 0. The largest absolute Gasteiger partial charge is 0.327 e. The molecular formula is C26H26FN3O3. The molecule has 1 unspecified atom stereocenters. The summed E-state index contributed by atoms with van der Waals surface area (Å²) in [6.07, 6.45) is 6.27. The van der Waals surface area contributed by atoms with Gasteiger partial charge in [-0.05, 0) is 47.6 Å². The summed E-state index contributed by atoms with van der Waals surface area (Å²) in [7, 11) is 0. The number of nitrogens with zero attached hydrogens (tertiary/aromatic N) is 1. The van der Waals surface area contributed by atoms with Crippen molar-refractivity contribution in [3.8, 4) is 0 Å². The highest BCUT2D eigenvalue weighted by atomic mass is 19.1. The molecular weight excluding hydrogens is 421 g/mol. The Bertz CT molecular complexity index is 1110. The number of carbonyl (C=O) groups is 1. The monoisotopic (exact) mass is 447 g/mol. The highest BCUT2D eigenvalue weighted by Crippen LogP contribution is 2.33. The van der Waals surface area contributed by atoms with Crippen molar-refractivity contribution in [2.24, 2.45) is 0 Å². The molecule has 170 valence electrons. The Labute approximate surface area is 192 Å². The third kappa shape index (κ3) is 5.55. The van der Waals surface area contributed by atoms with Crippen LogP contribution < -0.4 is 10.6 Å². The van der Waals surface area contributed by atoms with Gasteiger partial charge in [0, 0.05) is 11.8 Å². The number of nitrogens with one attached hydrogen (secondary N) is 2. The number of carbonyl (C=O) groups excluding carboxylic acids is 1. The molecule has 6 nitrogen and oxygen atoms in total. The van der Waals surface area contributed by atoms with Crippen molar-refractivity contribution < 1.29 is 14.1 Å². The number of rotatable bonds is 6. The van der Waals surface area contributed by atoms with Crippen LogP contribution in [0.25, 0.3) is 0 Å². The average molecular weight is 448 g/mol. The standard InChI is InChI=1S/C26H26FN3O3/c27-23-16-15-22(17-24(23)30(32)33)28-26(31)29-25(20-9-5-2-6-10-20)21-13-11-19(12-14-21)18-7-3-1-4-8-18/h2,5-6,9-18,25H,1,3-4,7-8H2,(H2,28,29,31). The summed E-state index contributed by atoms with van der Waals surface area (Å²) in [5, 5.41) is 16.5. The molecule has 4 rings (SSSR count). The van der Waals surface area contributed by atoms with Crippen LogP contribution in [0.3, 0.4) is 0 Å². The topological polar surface area (TPSA) is 84.3 Å². The Hall–Kier alpha value is -3.74. The Morgan fingerprint density at radius 3 is 2.27 bits per heavy atom. The quantitative estimate of drug-likeness (QED) is 0.326. The van der Waals surface area contributed by atoms with Gasteiger partial charge in [0.05, 0.1) is 11.0 Å². The number of amides is 2. The first kappa shape index (κ1) is 22.5. The van der Waals surface area contributed by atoms with Crippen LogP contribution in [-0.2, 0) is 0 Å². The molecule has 0 radical (unpaired) electrons. The van der Waals surface area contributed by atoms with Gasteiger partial charge in [0.1, 0.15) is 0 Å². The zero-order valence-corrected chi connectivity index (χ0v) is 18.2. The van der Waals surface area contributed by atoms with Gasteiger partial charge in [-0.15, -0.1) is 0 Å². The Kier molecular flexibility index (Phi) is 6.98. The summed E-state index contributed by atoms with van der Waals surface area (Å²) in [6, 6.07) is 20.3. The number of nitro benzene ring substituents is 1. The van der Waals surface area contributed by atoms with E-state index in [1.807, 2.05) is 42.5 Å². The predicted octanol–water partition coefficient (Wildman–Crippen LogP) is 6.69. The lowest BCUT2D eigenvalue weighted by atomic mass is 9.83. The Morgan fingerprint density at radius 1 is 0.939 bits per heavy atom. The molecule has 0 spiro atoms. The summed E-state index contributed by atoms with van der Waals surface area (Å²) in [5.41, 5.74) is 2.61. The van der Waals surface area contributed by atoms with Crippen LogP contribution in [0, 0.1) is 15.9 Å². The minimum absolute atomic E-state index is 0.139. The van der Waals surface area contributed by atoms with E-state index in [2.05, 4.69) is 22.8 Å². The molecule has 1 saturated carbocycles. The normalized spacial score (nSPS) is 14.9. The van der Waals surface area contributed by atoms with Crippen LogP contribution in [0.1, 0.15) is 60.8 Å². The molecule has 7 heteroatoms. The van der Waals surface area contributed by atoms with Gasteiger partial charge >= 0.3 is 11.7 Å². The lowest BCUT2D eigenvalue weighted by molar-refractivity contribution is -0.387. The van der Waals surface area contributed by atoms with Crippen LogP contribution >= 0.6 is 0 Å². The summed E-state index contributed by atoms with van der Waals surface area (Å²) < 4.78 is 13.6. The van der Waals surface area contributed by atoms with E-state index in [-0.39, 0.29) is 5.69 Å². The van der Waals surface area contributed by atoms with E-state index in [0.717, 1.165) is 23.3 Å². The fourth-order valence-corrected chi connectivity index (χ4v) is 4.43. The zero-order valence-electron chi connectivity index (χ0n) is 18.2. The fourth-order valence-electron chi connectivity index (χ4n) is 4.43. The minimum Gasteiger partial charge on any atom is -0.327 e. The minimum atomic E-state index is -0.953. The maximum atomic E-state index is 13.6. The number of urea groups is 1. The van der Waals surface area contributed by atoms with Crippen LogP contribution in [-0.4, -0.2) is 11.0 Å². The van der Waals surface area contributed by atoms with Gasteiger partial charge in [0.2, 0.25) is 5.82 Å². The van der Waals surface area contributed by atoms with Gasteiger partial charge in [-0.1, -0.05) is 73.9 Å². The second-order valence-corrected chi connectivity index (χ2v) is 8.37.